The zero-order valence-electron chi connectivity index (χ0n) is 10.3. The zero-order valence-corrected chi connectivity index (χ0v) is 10.3. The van der Waals surface area contributed by atoms with Crippen LogP contribution in [0.4, 0.5) is 5.95 Å². The van der Waals surface area contributed by atoms with Gasteiger partial charge in [-0.25, -0.2) is 9.97 Å². The van der Waals surface area contributed by atoms with Gasteiger partial charge in [-0.05, 0) is 32.3 Å². The van der Waals surface area contributed by atoms with Crippen molar-refractivity contribution in [2.75, 3.05) is 18.5 Å². The topological polar surface area (TPSA) is 47.0 Å². The van der Waals surface area contributed by atoms with Gasteiger partial charge in [-0.3, -0.25) is 0 Å². The number of nitrogens with zero attached hydrogens (tertiary/aromatic N) is 2. The highest BCUT2D eigenvalue weighted by Crippen LogP contribution is 2.35. The lowest BCUT2D eigenvalue weighted by molar-refractivity contribution is 0.195. The standard InChI is InChI=1S/C13H19N3O/c1-9-7-12(10-3-2-4-10)16-13(14-9)15-11-5-6-17-8-11/h7,10-11H,2-6,8H2,1H3,(H,14,15,16). The molecule has 0 bridgehead atoms. The van der Waals surface area contributed by atoms with Crippen molar-refractivity contribution in [3.8, 4) is 0 Å². The molecule has 0 amide bonds. The Labute approximate surface area is 102 Å². The minimum absolute atomic E-state index is 0.381. The van der Waals surface area contributed by atoms with E-state index in [1.54, 1.807) is 0 Å². The van der Waals surface area contributed by atoms with Crippen molar-refractivity contribution < 1.29 is 4.74 Å². The van der Waals surface area contributed by atoms with Gasteiger partial charge in [-0.15, -0.1) is 0 Å². The van der Waals surface area contributed by atoms with E-state index in [9.17, 15) is 0 Å². The third kappa shape index (κ3) is 2.41. The Bertz CT molecular complexity index is 398. The first-order chi connectivity index (χ1) is 8.31. The van der Waals surface area contributed by atoms with E-state index >= 15 is 0 Å². The number of anilines is 1. The van der Waals surface area contributed by atoms with Gasteiger partial charge in [-0.2, -0.15) is 0 Å². The van der Waals surface area contributed by atoms with E-state index in [2.05, 4.69) is 21.4 Å². The summed E-state index contributed by atoms with van der Waals surface area (Å²) in [5.74, 6) is 1.44. The summed E-state index contributed by atoms with van der Waals surface area (Å²) in [5, 5.41) is 3.38. The summed E-state index contributed by atoms with van der Waals surface area (Å²) in [5.41, 5.74) is 2.27. The van der Waals surface area contributed by atoms with Crippen LogP contribution in [0.5, 0.6) is 0 Å². The van der Waals surface area contributed by atoms with E-state index in [4.69, 9.17) is 4.74 Å². The molecule has 92 valence electrons. The predicted octanol–water partition coefficient (Wildman–Crippen LogP) is 2.25. The molecule has 0 aromatic carbocycles. The first-order valence-corrected chi connectivity index (χ1v) is 6.51. The second kappa shape index (κ2) is 4.61. The van der Waals surface area contributed by atoms with Crippen LogP contribution in [0.2, 0.25) is 0 Å². The summed E-state index contributed by atoms with van der Waals surface area (Å²) in [7, 11) is 0. The normalized spacial score (nSPS) is 24.6. The third-order valence-electron chi connectivity index (χ3n) is 3.66. The monoisotopic (exact) mass is 233 g/mol. The van der Waals surface area contributed by atoms with Crippen molar-refractivity contribution in [2.45, 2.75) is 44.6 Å². The molecule has 1 atom stereocenters. The smallest absolute Gasteiger partial charge is 0.223 e. The van der Waals surface area contributed by atoms with Gasteiger partial charge in [-0.1, -0.05) is 6.42 Å². The van der Waals surface area contributed by atoms with Crippen LogP contribution in [-0.4, -0.2) is 29.2 Å². The molecule has 1 saturated heterocycles. The number of ether oxygens (including phenoxy) is 1. The number of hydrogen-bond donors (Lipinski definition) is 1. The van der Waals surface area contributed by atoms with Crippen molar-refractivity contribution >= 4 is 5.95 Å². The molecule has 1 N–H and O–H groups in total. The second-order valence-corrected chi connectivity index (χ2v) is 5.09. The largest absolute Gasteiger partial charge is 0.379 e. The maximum absolute atomic E-state index is 5.35. The SMILES string of the molecule is Cc1cc(C2CCC2)nc(NC2CCOC2)n1. The van der Waals surface area contributed by atoms with Gasteiger partial charge in [0.2, 0.25) is 5.95 Å². The van der Waals surface area contributed by atoms with E-state index in [-0.39, 0.29) is 0 Å². The maximum atomic E-state index is 5.35. The van der Waals surface area contributed by atoms with E-state index in [0.29, 0.717) is 12.0 Å². The zero-order chi connectivity index (χ0) is 11.7. The highest BCUT2D eigenvalue weighted by atomic mass is 16.5. The van der Waals surface area contributed by atoms with Crippen LogP contribution in [-0.2, 0) is 4.74 Å². The molecule has 3 rings (SSSR count). The summed E-state index contributed by atoms with van der Waals surface area (Å²) < 4.78 is 5.35. The molecule has 1 aliphatic heterocycles. The molecular weight excluding hydrogens is 214 g/mol. The maximum Gasteiger partial charge on any atom is 0.223 e. The molecule has 17 heavy (non-hydrogen) atoms. The molecule has 2 aliphatic rings. The van der Waals surface area contributed by atoms with E-state index < -0.39 is 0 Å². The molecule has 1 saturated carbocycles. The average molecular weight is 233 g/mol. The molecule has 0 radical (unpaired) electrons. The van der Waals surface area contributed by atoms with Crippen molar-refractivity contribution in [3.05, 3.63) is 17.5 Å². The predicted molar refractivity (Wildman–Crippen MR) is 66.2 cm³/mol. The van der Waals surface area contributed by atoms with Gasteiger partial charge in [0.25, 0.3) is 0 Å². The van der Waals surface area contributed by atoms with E-state index in [1.807, 2.05) is 6.92 Å². The fourth-order valence-corrected chi connectivity index (χ4v) is 2.40. The van der Waals surface area contributed by atoms with Crippen LogP contribution < -0.4 is 5.32 Å². The first-order valence-electron chi connectivity index (χ1n) is 6.51. The molecule has 2 heterocycles. The Morgan fingerprint density at radius 3 is 2.82 bits per heavy atom. The minimum Gasteiger partial charge on any atom is -0.379 e. The van der Waals surface area contributed by atoms with E-state index in [0.717, 1.165) is 31.3 Å². The molecule has 4 heteroatoms. The van der Waals surface area contributed by atoms with Gasteiger partial charge in [0, 0.05) is 23.9 Å². The summed E-state index contributed by atoms with van der Waals surface area (Å²) in [4.78, 5) is 9.10. The molecule has 1 aromatic heterocycles. The van der Waals surface area contributed by atoms with Crippen LogP contribution in [0.15, 0.2) is 6.07 Å². The lowest BCUT2D eigenvalue weighted by Crippen LogP contribution is -2.22. The highest BCUT2D eigenvalue weighted by Gasteiger charge is 2.22. The first kappa shape index (κ1) is 11.0. The van der Waals surface area contributed by atoms with Gasteiger partial charge >= 0.3 is 0 Å². The quantitative estimate of drug-likeness (QED) is 0.870. The second-order valence-electron chi connectivity index (χ2n) is 5.09. The number of nitrogens with one attached hydrogen (secondary N) is 1. The van der Waals surface area contributed by atoms with Crippen LogP contribution in [0.3, 0.4) is 0 Å². The third-order valence-corrected chi connectivity index (χ3v) is 3.66. The summed E-state index contributed by atoms with van der Waals surface area (Å²) in [6.07, 6.45) is 4.95. The van der Waals surface area contributed by atoms with Crippen molar-refractivity contribution in [1.29, 1.82) is 0 Å². The molecule has 1 unspecified atom stereocenters. The summed E-state index contributed by atoms with van der Waals surface area (Å²) in [6.45, 7) is 3.66. The molecule has 0 spiro atoms. The lowest BCUT2D eigenvalue weighted by atomic mass is 9.83. The number of aromatic nitrogens is 2. The van der Waals surface area contributed by atoms with Crippen LogP contribution in [0.1, 0.15) is 43.0 Å². The van der Waals surface area contributed by atoms with Crippen LogP contribution >= 0.6 is 0 Å². The Hall–Kier alpha value is -1.16. The Kier molecular flexibility index (Phi) is 2.97. The van der Waals surface area contributed by atoms with Crippen molar-refractivity contribution in [3.63, 3.8) is 0 Å². The Morgan fingerprint density at radius 2 is 2.18 bits per heavy atom. The van der Waals surface area contributed by atoms with Gasteiger partial charge < -0.3 is 10.1 Å². The molecule has 4 nitrogen and oxygen atoms in total. The Morgan fingerprint density at radius 1 is 1.29 bits per heavy atom. The van der Waals surface area contributed by atoms with Gasteiger partial charge in [0.05, 0.1) is 12.6 Å². The van der Waals surface area contributed by atoms with Gasteiger partial charge in [0.1, 0.15) is 0 Å². The molecule has 1 aromatic rings. The minimum atomic E-state index is 0.381. The number of hydrogen-bond acceptors (Lipinski definition) is 4. The van der Waals surface area contributed by atoms with Crippen LogP contribution in [0.25, 0.3) is 0 Å². The fourth-order valence-electron chi connectivity index (χ4n) is 2.40. The highest BCUT2D eigenvalue weighted by molar-refractivity contribution is 5.31. The molecular formula is C13H19N3O. The van der Waals surface area contributed by atoms with Crippen molar-refractivity contribution in [2.24, 2.45) is 0 Å². The fraction of sp³-hybridized carbons (Fsp3) is 0.692. The van der Waals surface area contributed by atoms with Gasteiger partial charge in [0.15, 0.2) is 0 Å². The average Bonchev–Trinajstić information content (AvgIpc) is 2.66. The lowest BCUT2D eigenvalue weighted by Gasteiger charge is -2.25. The Balaban J connectivity index is 1.75. The summed E-state index contributed by atoms with van der Waals surface area (Å²) in [6, 6.07) is 2.51. The van der Waals surface area contributed by atoms with Crippen LogP contribution in [0, 0.1) is 6.92 Å². The summed E-state index contributed by atoms with van der Waals surface area (Å²) >= 11 is 0. The molecule has 1 aliphatic carbocycles. The van der Waals surface area contributed by atoms with E-state index in [1.165, 1.54) is 25.0 Å². The number of aryl methyl sites for hydroxylation is 1. The number of rotatable bonds is 3. The molecule has 2 fully saturated rings. The van der Waals surface area contributed by atoms with Crippen molar-refractivity contribution in [1.82, 2.24) is 9.97 Å².